The molecule has 0 saturated heterocycles. The van der Waals surface area contributed by atoms with Crippen molar-refractivity contribution in [3.63, 3.8) is 0 Å². The average molecular weight is 237 g/mol. The third-order valence-corrected chi connectivity index (χ3v) is 2.80. The molecule has 2 unspecified atom stereocenters. The fourth-order valence-corrected chi connectivity index (χ4v) is 1.66. The predicted octanol–water partition coefficient (Wildman–Crippen LogP) is 2.77. The molecule has 0 spiro atoms. The van der Waals surface area contributed by atoms with E-state index in [0.717, 1.165) is 12.3 Å². The van der Waals surface area contributed by atoms with Gasteiger partial charge in [0.25, 0.3) is 0 Å². The molecule has 1 aromatic rings. The smallest absolute Gasteiger partial charge is 0.124 e. The van der Waals surface area contributed by atoms with Gasteiger partial charge in [0, 0.05) is 25.3 Å². The minimum Gasteiger partial charge on any atom is -0.494 e. The molecule has 0 aliphatic heterocycles. The molecule has 0 amide bonds. The molecule has 0 aromatic heterocycles. The Kier molecular flexibility index (Phi) is 6.01. The Morgan fingerprint density at radius 2 is 1.94 bits per heavy atom. The third-order valence-electron chi connectivity index (χ3n) is 2.80. The maximum Gasteiger partial charge on any atom is 0.124 e. The summed E-state index contributed by atoms with van der Waals surface area (Å²) in [6.45, 7) is 7.71. The van der Waals surface area contributed by atoms with E-state index in [2.05, 4.69) is 18.3 Å². The van der Waals surface area contributed by atoms with Crippen LogP contribution in [0.1, 0.15) is 32.4 Å². The van der Waals surface area contributed by atoms with Crippen molar-refractivity contribution in [2.45, 2.75) is 32.9 Å². The van der Waals surface area contributed by atoms with Gasteiger partial charge in [-0.05, 0) is 26.8 Å². The van der Waals surface area contributed by atoms with E-state index in [4.69, 9.17) is 9.47 Å². The molecule has 0 saturated carbocycles. The number of methoxy groups -OCH3 is 1. The molecule has 1 N–H and O–H groups in total. The summed E-state index contributed by atoms with van der Waals surface area (Å²) >= 11 is 0. The molecule has 2 atom stereocenters. The van der Waals surface area contributed by atoms with Gasteiger partial charge in [0.2, 0.25) is 0 Å². The zero-order valence-electron chi connectivity index (χ0n) is 11.2. The van der Waals surface area contributed by atoms with E-state index in [1.165, 1.54) is 5.56 Å². The summed E-state index contributed by atoms with van der Waals surface area (Å²) in [5.41, 5.74) is 1.19. The van der Waals surface area contributed by atoms with Crippen molar-refractivity contribution in [3.05, 3.63) is 29.8 Å². The fourth-order valence-electron chi connectivity index (χ4n) is 1.66. The monoisotopic (exact) mass is 237 g/mol. The van der Waals surface area contributed by atoms with Crippen LogP contribution < -0.4 is 10.1 Å². The first-order valence-electron chi connectivity index (χ1n) is 6.17. The Labute approximate surface area is 104 Å². The van der Waals surface area contributed by atoms with E-state index < -0.39 is 0 Å². The van der Waals surface area contributed by atoms with Gasteiger partial charge in [0.05, 0.1) is 12.7 Å². The number of para-hydroxylation sites is 1. The first kappa shape index (κ1) is 14.0. The Bertz CT molecular complexity index is 328. The highest BCUT2D eigenvalue weighted by Gasteiger charge is 2.11. The lowest BCUT2D eigenvalue weighted by atomic mass is 10.1. The Balaban J connectivity index is 2.64. The molecule has 1 rings (SSSR count). The van der Waals surface area contributed by atoms with Crippen LogP contribution in [0.4, 0.5) is 0 Å². The lowest BCUT2D eigenvalue weighted by Crippen LogP contribution is -2.28. The molecule has 0 heterocycles. The maximum atomic E-state index is 5.62. The van der Waals surface area contributed by atoms with Crippen LogP contribution in [0.25, 0.3) is 0 Å². The lowest BCUT2D eigenvalue weighted by Gasteiger charge is -2.19. The molecule has 0 aliphatic rings. The van der Waals surface area contributed by atoms with Crippen molar-refractivity contribution in [1.29, 1.82) is 0 Å². The normalized spacial score (nSPS) is 14.4. The van der Waals surface area contributed by atoms with Crippen molar-refractivity contribution < 1.29 is 9.47 Å². The van der Waals surface area contributed by atoms with Crippen LogP contribution >= 0.6 is 0 Å². The van der Waals surface area contributed by atoms with Crippen LogP contribution in [0.5, 0.6) is 5.75 Å². The van der Waals surface area contributed by atoms with Gasteiger partial charge in [-0.25, -0.2) is 0 Å². The van der Waals surface area contributed by atoms with Gasteiger partial charge in [0.1, 0.15) is 5.75 Å². The highest BCUT2D eigenvalue weighted by Crippen LogP contribution is 2.24. The number of rotatable bonds is 7. The maximum absolute atomic E-state index is 5.62. The Morgan fingerprint density at radius 1 is 1.24 bits per heavy atom. The summed E-state index contributed by atoms with van der Waals surface area (Å²) in [6, 6.07) is 8.40. The standard InChI is InChI=1S/C14H23NO2/c1-5-17-14-9-7-6-8-13(14)12(3)15-10-11(2)16-4/h6-9,11-12,15H,5,10H2,1-4H3. The van der Waals surface area contributed by atoms with E-state index in [1.54, 1.807) is 7.11 Å². The van der Waals surface area contributed by atoms with Crippen molar-refractivity contribution in [2.75, 3.05) is 20.3 Å². The predicted molar refractivity (Wildman–Crippen MR) is 70.5 cm³/mol. The fraction of sp³-hybridized carbons (Fsp3) is 0.571. The SMILES string of the molecule is CCOc1ccccc1C(C)NCC(C)OC. The molecule has 0 fully saturated rings. The van der Waals surface area contributed by atoms with Crippen LogP contribution in [-0.4, -0.2) is 26.4 Å². The summed E-state index contributed by atoms with van der Waals surface area (Å²) in [6.07, 6.45) is 0.219. The molecule has 17 heavy (non-hydrogen) atoms. The van der Waals surface area contributed by atoms with Gasteiger partial charge < -0.3 is 14.8 Å². The van der Waals surface area contributed by atoms with Gasteiger partial charge in [-0.3, -0.25) is 0 Å². The summed E-state index contributed by atoms with van der Waals surface area (Å²) in [7, 11) is 1.73. The van der Waals surface area contributed by atoms with E-state index in [1.807, 2.05) is 32.0 Å². The topological polar surface area (TPSA) is 30.5 Å². The zero-order chi connectivity index (χ0) is 12.7. The summed E-state index contributed by atoms with van der Waals surface area (Å²) < 4.78 is 10.8. The Morgan fingerprint density at radius 3 is 2.59 bits per heavy atom. The van der Waals surface area contributed by atoms with Gasteiger partial charge in [0.15, 0.2) is 0 Å². The summed E-state index contributed by atoms with van der Waals surface area (Å²) in [5.74, 6) is 0.958. The van der Waals surface area contributed by atoms with Gasteiger partial charge in [-0.2, -0.15) is 0 Å². The summed E-state index contributed by atoms with van der Waals surface area (Å²) in [5, 5.41) is 3.44. The van der Waals surface area contributed by atoms with Crippen molar-refractivity contribution in [1.82, 2.24) is 5.32 Å². The second-order valence-electron chi connectivity index (χ2n) is 4.15. The van der Waals surface area contributed by atoms with Crippen molar-refractivity contribution >= 4 is 0 Å². The van der Waals surface area contributed by atoms with Crippen LogP contribution in [-0.2, 0) is 4.74 Å². The molecule has 0 bridgehead atoms. The molecule has 3 heteroatoms. The molecule has 96 valence electrons. The second-order valence-corrected chi connectivity index (χ2v) is 4.15. The van der Waals surface area contributed by atoms with Crippen LogP contribution in [0.2, 0.25) is 0 Å². The van der Waals surface area contributed by atoms with Crippen molar-refractivity contribution in [2.24, 2.45) is 0 Å². The molecular formula is C14H23NO2. The zero-order valence-corrected chi connectivity index (χ0v) is 11.2. The minimum absolute atomic E-state index is 0.219. The highest BCUT2D eigenvalue weighted by atomic mass is 16.5. The van der Waals surface area contributed by atoms with Crippen molar-refractivity contribution in [3.8, 4) is 5.75 Å². The number of ether oxygens (including phenoxy) is 2. The van der Waals surface area contributed by atoms with Gasteiger partial charge in [-0.15, -0.1) is 0 Å². The van der Waals surface area contributed by atoms with E-state index in [0.29, 0.717) is 6.61 Å². The first-order valence-corrected chi connectivity index (χ1v) is 6.17. The lowest BCUT2D eigenvalue weighted by molar-refractivity contribution is 0.114. The first-order chi connectivity index (χ1) is 8.19. The summed E-state index contributed by atoms with van der Waals surface area (Å²) in [4.78, 5) is 0. The minimum atomic E-state index is 0.219. The van der Waals surface area contributed by atoms with Crippen LogP contribution in [0.3, 0.4) is 0 Å². The molecule has 0 aliphatic carbocycles. The third kappa shape index (κ3) is 4.36. The molecule has 3 nitrogen and oxygen atoms in total. The number of hydrogen-bond acceptors (Lipinski definition) is 3. The van der Waals surface area contributed by atoms with Gasteiger partial charge >= 0.3 is 0 Å². The number of benzene rings is 1. The largest absolute Gasteiger partial charge is 0.494 e. The molecule has 0 radical (unpaired) electrons. The average Bonchev–Trinajstić information content (AvgIpc) is 2.36. The van der Waals surface area contributed by atoms with Gasteiger partial charge in [-0.1, -0.05) is 18.2 Å². The number of hydrogen-bond donors (Lipinski definition) is 1. The van der Waals surface area contributed by atoms with Crippen LogP contribution in [0.15, 0.2) is 24.3 Å². The van der Waals surface area contributed by atoms with E-state index >= 15 is 0 Å². The molecular weight excluding hydrogens is 214 g/mol. The van der Waals surface area contributed by atoms with E-state index in [9.17, 15) is 0 Å². The second kappa shape index (κ2) is 7.30. The van der Waals surface area contributed by atoms with E-state index in [-0.39, 0.29) is 12.1 Å². The number of nitrogens with one attached hydrogen (secondary N) is 1. The van der Waals surface area contributed by atoms with Crippen LogP contribution in [0, 0.1) is 0 Å². The highest BCUT2D eigenvalue weighted by molar-refractivity contribution is 5.35. The Hall–Kier alpha value is -1.06. The quantitative estimate of drug-likeness (QED) is 0.791. The molecule has 1 aromatic carbocycles.